The van der Waals surface area contributed by atoms with E-state index < -0.39 is 50.2 Å². The summed E-state index contributed by atoms with van der Waals surface area (Å²) in [5.41, 5.74) is -3.43. The Bertz CT molecular complexity index is 1100. The summed E-state index contributed by atoms with van der Waals surface area (Å²) in [4.78, 5) is 26.9. The van der Waals surface area contributed by atoms with Gasteiger partial charge in [-0.05, 0) is 31.0 Å². The summed E-state index contributed by atoms with van der Waals surface area (Å²) in [7, 11) is -4.67. The van der Waals surface area contributed by atoms with Crippen LogP contribution in [0.1, 0.15) is 24.0 Å². The van der Waals surface area contributed by atoms with Crippen LogP contribution < -0.4 is 0 Å². The Balaban J connectivity index is 1.48. The topological polar surface area (TPSA) is 78.0 Å². The summed E-state index contributed by atoms with van der Waals surface area (Å²) >= 11 is 0. The van der Waals surface area contributed by atoms with E-state index in [0.717, 1.165) is 9.21 Å². The molecule has 2 heterocycles. The number of allylic oxidation sites excluding steroid dienone is 2. The van der Waals surface area contributed by atoms with Crippen molar-refractivity contribution in [3.8, 4) is 0 Å². The van der Waals surface area contributed by atoms with Crippen molar-refractivity contribution in [1.82, 2.24) is 14.1 Å². The smallest absolute Gasteiger partial charge is 0.283 e. The summed E-state index contributed by atoms with van der Waals surface area (Å²) in [6.07, 6.45) is -5.73. The fraction of sp³-hybridized carbons (Fsp3) is 0.524. The van der Waals surface area contributed by atoms with Crippen LogP contribution in [0.25, 0.3) is 0 Å². The number of rotatable bonds is 4. The van der Waals surface area contributed by atoms with E-state index in [9.17, 15) is 44.3 Å². The number of benzene rings is 1. The van der Waals surface area contributed by atoms with Crippen LogP contribution in [0.2, 0.25) is 0 Å². The molecule has 2 amide bonds. The zero-order chi connectivity index (χ0) is 25.8. The largest absolute Gasteiger partial charge is 0.416 e. The summed E-state index contributed by atoms with van der Waals surface area (Å²) in [5.74, 6) is -1.44. The number of imide groups is 1. The second kappa shape index (κ2) is 8.89. The zero-order valence-corrected chi connectivity index (χ0v) is 19.0. The maximum Gasteiger partial charge on any atom is 0.416 e. The molecule has 0 N–H and O–H groups in total. The lowest BCUT2D eigenvalue weighted by atomic mass is 9.85. The number of piperazine rings is 1. The molecule has 1 aliphatic carbocycles. The Kier molecular flexibility index (Phi) is 6.51. The molecule has 0 spiro atoms. The van der Waals surface area contributed by atoms with E-state index in [-0.39, 0.29) is 62.9 Å². The van der Waals surface area contributed by atoms with Crippen LogP contribution in [0.5, 0.6) is 0 Å². The highest BCUT2D eigenvalue weighted by atomic mass is 32.2. The first-order valence-corrected chi connectivity index (χ1v) is 12.2. The van der Waals surface area contributed by atoms with E-state index in [1.54, 1.807) is 4.90 Å². The third kappa shape index (κ3) is 4.96. The van der Waals surface area contributed by atoms with E-state index >= 15 is 0 Å². The Morgan fingerprint density at radius 3 is 1.66 bits per heavy atom. The van der Waals surface area contributed by atoms with Crippen LogP contribution >= 0.6 is 0 Å². The van der Waals surface area contributed by atoms with Crippen LogP contribution in [0.15, 0.2) is 35.2 Å². The normalized spacial score (nSPS) is 24.8. The van der Waals surface area contributed by atoms with Gasteiger partial charge in [0.1, 0.15) is 0 Å². The number of amides is 2. The van der Waals surface area contributed by atoms with Gasteiger partial charge in [0.05, 0.1) is 34.5 Å². The summed E-state index contributed by atoms with van der Waals surface area (Å²) in [5, 5.41) is 0. The monoisotopic (exact) mass is 525 g/mol. The van der Waals surface area contributed by atoms with Gasteiger partial charge in [0.15, 0.2) is 0 Å². The third-order valence-electron chi connectivity index (χ3n) is 6.47. The van der Waals surface area contributed by atoms with Gasteiger partial charge in [0, 0.05) is 26.2 Å². The number of hydrogen-bond acceptors (Lipinski definition) is 5. The number of carbonyl (C=O) groups is 2. The molecule has 0 saturated carbocycles. The number of carbonyl (C=O) groups excluding carboxylic acids is 2. The maximum absolute atomic E-state index is 13.1. The van der Waals surface area contributed by atoms with Gasteiger partial charge in [0.2, 0.25) is 21.8 Å². The third-order valence-corrected chi connectivity index (χ3v) is 8.35. The number of halogens is 6. The van der Waals surface area contributed by atoms with Crippen LogP contribution in [0.4, 0.5) is 26.3 Å². The lowest BCUT2D eigenvalue weighted by Crippen LogP contribution is -2.52. The van der Waals surface area contributed by atoms with Crippen molar-refractivity contribution in [2.45, 2.75) is 30.1 Å². The fourth-order valence-electron chi connectivity index (χ4n) is 4.54. The lowest BCUT2D eigenvalue weighted by Gasteiger charge is -2.35. The van der Waals surface area contributed by atoms with Crippen molar-refractivity contribution in [1.29, 1.82) is 0 Å². The molecule has 1 aromatic rings. The quantitative estimate of drug-likeness (QED) is 0.343. The number of fused-ring (bicyclic) bond motifs is 1. The van der Waals surface area contributed by atoms with Crippen LogP contribution in [-0.4, -0.2) is 67.2 Å². The van der Waals surface area contributed by atoms with Gasteiger partial charge in [-0.3, -0.25) is 19.4 Å². The van der Waals surface area contributed by atoms with Crippen molar-refractivity contribution in [2.75, 3.05) is 32.8 Å². The molecule has 2 atom stereocenters. The first-order chi connectivity index (χ1) is 16.2. The van der Waals surface area contributed by atoms with Crippen molar-refractivity contribution in [3.05, 3.63) is 41.5 Å². The highest BCUT2D eigenvalue weighted by molar-refractivity contribution is 7.89. The molecule has 0 aromatic heterocycles. The summed E-state index contributed by atoms with van der Waals surface area (Å²) in [6, 6.07) is 0.247. The lowest BCUT2D eigenvalue weighted by molar-refractivity contribution is -0.144. The molecule has 2 fully saturated rings. The molecular weight excluding hydrogens is 504 g/mol. The van der Waals surface area contributed by atoms with E-state index in [0.29, 0.717) is 12.8 Å². The Hall–Kier alpha value is -2.45. The highest BCUT2D eigenvalue weighted by Gasteiger charge is 2.48. The van der Waals surface area contributed by atoms with Crippen molar-refractivity contribution >= 4 is 21.8 Å². The molecule has 14 heteroatoms. The van der Waals surface area contributed by atoms with Gasteiger partial charge in [-0.1, -0.05) is 12.2 Å². The van der Waals surface area contributed by atoms with Gasteiger partial charge in [0.25, 0.3) is 0 Å². The number of hydrogen-bond donors (Lipinski definition) is 0. The summed E-state index contributed by atoms with van der Waals surface area (Å²) < 4.78 is 105. The van der Waals surface area contributed by atoms with Gasteiger partial charge in [-0.2, -0.15) is 30.6 Å². The molecule has 7 nitrogen and oxygen atoms in total. The standard InChI is InChI=1S/C21H21F6N3O4S/c22-20(23,24)13-9-14(21(25,26)27)11-15(10-13)35(33,34)29-7-5-28(6-8-29)12-30-18(31)16-3-1-2-4-17(16)19(30)32/h1-2,9-11,16-17H,3-8,12H2/t16-,17-/m0/s1. The Morgan fingerprint density at radius 2 is 1.23 bits per heavy atom. The maximum atomic E-state index is 13.1. The minimum Gasteiger partial charge on any atom is -0.283 e. The summed E-state index contributed by atoms with van der Waals surface area (Å²) in [6.45, 7) is -0.445. The average Bonchev–Trinajstić information content (AvgIpc) is 3.03. The number of nitrogens with zero attached hydrogens (tertiary/aromatic N) is 3. The zero-order valence-electron chi connectivity index (χ0n) is 18.1. The Morgan fingerprint density at radius 1 is 0.771 bits per heavy atom. The number of alkyl halides is 6. The minimum atomic E-state index is -5.17. The first-order valence-electron chi connectivity index (χ1n) is 10.7. The molecule has 35 heavy (non-hydrogen) atoms. The molecule has 0 bridgehead atoms. The van der Waals surface area contributed by atoms with Crippen LogP contribution in [0.3, 0.4) is 0 Å². The molecule has 4 rings (SSSR count). The molecule has 0 unspecified atom stereocenters. The van der Waals surface area contributed by atoms with E-state index in [2.05, 4.69) is 0 Å². The van der Waals surface area contributed by atoms with Crippen molar-refractivity contribution in [2.24, 2.45) is 11.8 Å². The second-order valence-corrected chi connectivity index (χ2v) is 10.6. The molecular formula is C21H21F6N3O4S. The SMILES string of the molecule is O=C1[C@H]2CC=CC[C@@H]2C(=O)N1CN1CCN(S(=O)(=O)c2cc(C(F)(F)F)cc(C(F)(F)F)c2)CC1. The van der Waals surface area contributed by atoms with Gasteiger partial charge in [-0.25, -0.2) is 8.42 Å². The van der Waals surface area contributed by atoms with Crippen molar-refractivity contribution in [3.63, 3.8) is 0 Å². The van der Waals surface area contributed by atoms with Gasteiger partial charge in [-0.15, -0.1) is 0 Å². The van der Waals surface area contributed by atoms with Gasteiger partial charge < -0.3 is 0 Å². The molecule has 3 aliphatic rings. The number of sulfonamides is 1. The van der Waals surface area contributed by atoms with Crippen molar-refractivity contribution < 1.29 is 44.3 Å². The highest BCUT2D eigenvalue weighted by Crippen LogP contribution is 2.38. The van der Waals surface area contributed by atoms with E-state index in [1.807, 2.05) is 12.2 Å². The second-order valence-electron chi connectivity index (χ2n) is 8.67. The predicted molar refractivity (Wildman–Crippen MR) is 109 cm³/mol. The van der Waals surface area contributed by atoms with Crippen LogP contribution in [-0.2, 0) is 32.0 Å². The van der Waals surface area contributed by atoms with Gasteiger partial charge >= 0.3 is 12.4 Å². The predicted octanol–water partition coefficient (Wildman–Crippen LogP) is 2.94. The minimum absolute atomic E-state index is 0.0367. The van der Waals surface area contributed by atoms with E-state index in [4.69, 9.17) is 0 Å². The van der Waals surface area contributed by atoms with Crippen LogP contribution in [0, 0.1) is 11.8 Å². The van der Waals surface area contributed by atoms with E-state index in [1.165, 1.54) is 0 Å². The fourth-order valence-corrected chi connectivity index (χ4v) is 6.04. The Labute approximate surface area is 197 Å². The molecule has 1 aromatic carbocycles. The molecule has 2 aliphatic heterocycles. The average molecular weight is 525 g/mol. The number of likely N-dealkylation sites (tertiary alicyclic amines) is 1. The molecule has 0 radical (unpaired) electrons. The molecule has 2 saturated heterocycles. The molecule has 192 valence electrons. The first kappa shape index (κ1) is 25.6.